The highest BCUT2D eigenvalue weighted by atomic mass is 32.1. The van der Waals surface area contributed by atoms with Gasteiger partial charge in [0.25, 0.3) is 5.91 Å². The molecule has 1 aliphatic rings. The molecule has 1 amide bonds. The minimum atomic E-state index is 0.0741. The highest BCUT2D eigenvalue weighted by Crippen LogP contribution is 2.37. The summed E-state index contributed by atoms with van der Waals surface area (Å²) in [7, 11) is 0. The van der Waals surface area contributed by atoms with Crippen LogP contribution in [0.5, 0.6) is 0 Å². The Morgan fingerprint density at radius 2 is 1.96 bits per heavy atom. The summed E-state index contributed by atoms with van der Waals surface area (Å²) in [6.07, 6.45) is 0.907. The summed E-state index contributed by atoms with van der Waals surface area (Å²) in [4.78, 5) is 25.9. The van der Waals surface area contributed by atoms with E-state index >= 15 is 0 Å². The third-order valence-corrected chi connectivity index (χ3v) is 5.88. The zero-order valence-electron chi connectivity index (χ0n) is 14.3. The Labute approximate surface area is 145 Å². The number of anilines is 1. The van der Waals surface area contributed by atoms with E-state index in [9.17, 15) is 4.79 Å². The van der Waals surface area contributed by atoms with Crippen LogP contribution in [-0.4, -0.2) is 21.9 Å². The smallest absolute Gasteiger partial charge is 0.268 e. The van der Waals surface area contributed by atoms with Crippen molar-refractivity contribution in [3.63, 3.8) is 0 Å². The van der Waals surface area contributed by atoms with Crippen molar-refractivity contribution < 1.29 is 4.79 Å². The molecule has 0 fully saturated rings. The van der Waals surface area contributed by atoms with Crippen LogP contribution < -0.4 is 4.90 Å². The maximum Gasteiger partial charge on any atom is 0.268 e. The first-order chi connectivity index (χ1) is 11.5. The van der Waals surface area contributed by atoms with Crippen molar-refractivity contribution in [3.8, 4) is 0 Å². The number of rotatable bonds is 1. The van der Waals surface area contributed by atoms with Crippen LogP contribution in [0.1, 0.15) is 39.2 Å². The fourth-order valence-electron chi connectivity index (χ4n) is 3.66. The van der Waals surface area contributed by atoms with Crippen LogP contribution in [0.25, 0.3) is 10.2 Å². The Bertz CT molecular complexity index is 976. The van der Waals surface area contributed by atoms with Gasteiger partial charge in [-0.1, -0.05) is 18.2 Å². The first-order valence-electron chi connectivity index (χ1n) is 8.13. The van der Waals surface area contributed by atoms with Crippen LogP contribution >= 0.6 is 11.3 Å². The normalized spacial score (nSPS) is 16.7. The van der Waals surface area contributed by atoms with Crippen LogP contribution in [0.2, 0.25) is 0 Å². The second-order valence-electron chi connectivity index (χ2n) is 6.45. The lowest BCUT2D eigenvalue weighted by atomic mass is 10.1. The first kappa shape index (κ1) is 15.3. The number of hydrogen-bond donors (Lipinski definition) is 0. The van der Waals surface area contributed by atoms with Crippen molar-refractivity contribution in [3.05, 3.63) is 51.8 Å². The molecule has 0 spiro atoms. The summed E-state index contributed by atoms with van der Waals surface area (Å²) in [5.41, 5.74) is 4.21. The van der Waals surface area contributed by atoms with E-state index in [-0.39, 0.29) is 11.9 Å². The number of carbonyl (C=O) groups is 1. The lowest BCUT2D eigenvalue weighted by Crippen LogP contribution is -2.35. The van der Waals surface area contributed by atoms with Gasteiger partial charge < -0.3 is 4.90 Å². The van der Waals surface area contributed by atoms with Gasteiger partial charge in [-0.15, -0.1) is 11.3 Å². The number of amides is 1. The minimum Gasteiger partial charge on any atom is -0.304 e. The van der Waals surface area contributed by atoms with E-state index in [2.05, 4.69) is 23.0 Å². The number of aromatic nitrogens is 2. The average molecular weight is 337 g/mol. The Morgan fingerprint density at radius 1 is 1.21 bits per heavy atom. The van der Waals surface area contributed by atoms with Gasteiger partial charge >= 0.3 is 0 Å². The molecule has 4 nitrogen and oxygen atoms in total. The van der Waals surface area contributed by atoms with Crippen LogP contribution in [-0.2, 0) is 6.42 Å². The number of para-hydroxylation sites is 1. The number of hydrogen-bond acceptors (Lipinski definition) is 4. The van der Waals surface area contributed by atoms with Gasteiger partial charge in [-0.2, -0.15) is 0 Å². The van der Waals surface area contributed by atoms with Gasteiger partial charge in [0.1, 0.15) is 10.7 Å². The molecule has 3 aromatic rings. The lowest BCUT2D eigenvalue weighted by molar-refractivity contribution is 0.0985. The third-order valence-electron chi connectivity index (χ3n) is 4.70. The minimum absolute atomic E-state index is 0.0741. The van der Waals surface area contributed by atoms with Crippen molar-refractivity contribution in [2.75, 3.05) is 4.90 Å². The summed E-state index contributed by atoms with van der Waals surface area (Å²) in [5.74, 6) is 0.824. The molecule has 0 saturated carbocycles. The molecular weight excluding hydrogens is 318 g/mol. The second kappa shape index (κ2) is 5.38. The molecule has 5 heteroatoms. The Morgan fingerprint density at radius 3 is 2.75 bits per heavy atom. The van der Waals surface area contributed by atoms with E-state index in [4.69, 9.17) is 0 Å². The molecule has 0 radical (unpaired) electrons. The highest BCUT2D eigenvalue weighted by Gasteiger charge is 2.33. The molecule has 3 heterocycles. The molecule has 0 N–H and O–H groups in total. The van der Waals surface area contributed by atoms with E-state index in [0.717, 1.165) is 44.3 Å². The molecule has 24 heavy (non-hydrogen) atoms. The molecule has 0 saturated heterocycles. The zero-order valence-corrected chi connectivity index (χ0v) is 15.1. The quantitative estimate of drug-likeness (QED) is 0.668. The molecule has 0 unspecified atom stereocenters. The number of carbonyl (C=O) groups excluding carboxylic acids is 1. The van der Waals surface area contributed by atoms with E-state index in [1.807, 2.05) is 43.9 Å². The van der Waals surface area contributed by atoms with E-state index in [1.165, 1.54) is 16.9 Å². The van der Waals surface area contributed by atoms with E-state index < -0.39 is 0 Å². The van der Waals surface area contributed by atoms with Gasteiger partial charge in [-0.25, -0.2) is 9.97 Å². The zero-order chi connectivity index (χ0) is 17.0. The number of aryl methyl sites for hydroxylation is 3. The highest BCUT2D eigenvalue weighted by molar-refractivity contribution is 7.20. The van der Waals surface area contributed by atoms with Gasteiger partial charge in [-0.3, -0.25) is 4.79 Å². The van der Waals surface area contributed by atoms with Gasteiger partial charge in [0.05, 0.1) is 4.88 Å². The summed E-state index contributed by atoms with van der Waals surface area (Å²) in [5, 5.41) is 1.02. The second-order valence-corrected chi connectivity index (χ2v) is 7.45. The molecule has 1 atom stereocenters. The molecule has 1 aliphatic heterocycles. The van der Waals surface area contributed by atoms with Crippen LogP contribution in [0.3, 0.4) is 0 Å². The van der Waals surface area contributed by atoms with Crippen LogP contribution in [0.15, 0.2) is 24.3 Å². The van der Waals surface area contributed by atoms with Crippen LogP contribution in [0, 0.1) is 20.8 Å². The summed E-state index contributed by atoms with van der Waals surface area (Å²) in [6, 6.07) is 8.35. The Hall–Kier alpha value is -2.27. The summed E-state index contributed by atoms with van der Waals surface area (Å²) < 4.78 is 0. The molecule has 0 aliphatic carbocycles. The molecule has 2 aromatic heterocycles. The average Bonchev–Trinajstić information content (AvgIpc) is 3.03. The third kappa shape index (κ3) is 2.15. The first-order valence-corrected chi connectivity index (χ1v) is 8.95. The van der Waals surface area contributed by atoms with E-state index in [0.29, 0.717) is 0 Å². The molecular formula is C19H19N3OS. The van der Waals surface area contributed by atoms with Crippen molar-refractivity contribution in [2.24, 2.45) is 0 Å². The Balaban J connectivity index is 1.85. The largest absolute Gasteiger partial charge is 0.304 e. The SMILES string of the molecule is Cc1nc(C)c2c(C)c(C(=O)N3c4ccccc4C[C@@H]3C)sc2n1. The predicted octanol–water partition coefficient (Wildman–Crippen LogP) is 4.21. The maximum atomic E-state index is 13.3. The standard InChI is InChI=1S/C19H19N3OS/c1-10-9-14-7-5-6-8-15(14)22(10)19(23)17-11(2)16-12(3)20-13(4)21-18(16)24-17/h5-8,10H,9H2,1-4H3/t10-/m0/s1. The lowest BCUT2D eigenvalue weighted by Gasteiger charge is -2.22. The Kier molecular flexibility index (Phi) is 3.42. The summed E-state index contributed by atoms with van der Waals surface area (Å²) in [6.45, 7) is 7.99. The number of thiophene rings is 1. The predicted molar refractivity (Wildman–Crippen MR) is 98.0 cm³/mol. The van der Waals surface area contributed by atoms with Crippen LogP contribution in [0.4, 0.5) is 5.69 Å². The number of fused-ring (bicyclic) bond motifs is 2. The number of nitrogens with zero attached hydrogens (tertiary/aromatic N) is 3. The van der Waals surface area contributed by atoms with Gasteiger partial charge in [0.2, 0.25) is 0 Å². The number of benzene rings is 1. The molecule has 4 rings (SSSR count). The van der Waals surface area contributed by atoms with Crippen molar-refractivity contribution >= 4 is 33.1 Å². The van der Waals surface area contributed by atoms with Crippen molar-refractivity contribution in [2.45, 2.75) is 40.2 Å². The fourth-order valence-corrected chi connectivity index (χ4v) is 4.88. The molecule has 1 aromatic carbocycles. The van der Waals surface area contributed by atoms with Crippen molar-refractivity contribution in [1.29, 1.82) is 0 Å². The van der Waals surface area contributed by atoms with E-state index in [1.54, 1.807) is 0 Å². The molecule has 122 valence electrons. The van der Waals surface area contributed by atoms with Gasteiger partial charge in [0.15, 0.2) is 0 Å². The maximum absolute atomic E-state index is 13.3. The summed E-state index contributed by atoms with van der Waals surface area (Å²) >= 11 is 1.48. The van der Waals surface area contributed by atoms with Gasteiger partial charge in [0, 0.05) is 22.8 Å². The fraction of sp³-hybridized carbons (Fsp3) is 0.316. The van der Waals surface area contributed by atoms with Crippen molar-refractivity contribution in [1.82, 2.24) is 9.97 Å². The topological polar surface area (TPSA) is 46.1 Å². The molecule has 0 bridgehead atoms. The van der Waals surface area contributed by atoms with Gasteiger partial charge in [-0.05, 0) is 51.3 Å². The monoisotopic (exact) mass is 337 g/mol.